The molecule has 1 aliphatic heterocycles. The minimum absolute atomic E-state index is 0.307. The second-order valence-electron chi connectivity index (χ2n) is 7.91. The Bertz CT molecular complexity index is 1350. The fourth-order valence-electron chi connectivity index (χ4n) is 3.81. The first kappa shape index (κ1) is 22.4. The summed E-state index contributed by atoms with van der Waals surface area (Å²) in [6.45, 7) is 0.989. The lowest BCUT2D eigenvalue weighted by molar-refractivity contribution is -0.137. The van der Waals surface area contributed by atoms with Crippen molar-refractivity contribution < 1.29 is 18.0 Å². The van der Waals surface area contributed by atoms with Crippen LogP contribution in [0.15, 0.2) is 67.0 Å². The number of halogens is 3. The van der Waals surface area contributed by atoms with Crippen molar-refractivity contribution in [1.82, 2.24) is 20.2 Å². The molecule has 0 unspecified atom stereocenters. The van der Waals surface area contributed by atoms with E-state index >= 15 is 0 Å². The summed E-state index contributed by atoms with van der Waals surface area (Å²) in [4.78, 5) is 23.2. The zero-order valence-electron chi connectivity index (χ0n) is 18.3. The van der Waals surface area contributed by atoms with Crippen molar-refractivity contribution in [2.75, 3.05) is 28.6 Å². The number of nitrogens with zero attached hydrogens (tertiary/aromatic N) is 4. The van der Waals surface area contributed by atoms with Gasteiger partial charge in [0.2, 0.25) is 0 Å². The van der Waals surface area contributed by atoms with Crippen molar-refractivity contribution in [3.8, 4) is 22.5 Å². The molecule has 1 aromatic carbocycles. The van der Waals surface area contributed by atoms with Crippen molar-refractivity contribution in [3.63, 3.8) is 0 Å². The van der Waals surface area contributed by atoms with E-state index in [0.29, 0.717) is 53.8 Å². The van der Waals surface area contributed by atoms with Gasteiger partial charge in [-0.1, -0.05) is 12.1 Å². The average Bonchev–Trinajstić information content (AvgIpc) is 3.22. The third-order valence-electron chi connectivity index (χ3n) is 5.54. The number of pyridine rings is 2. The van der Waals surface area contributed by atoms with E-state index in [1.807, 2.05) is 12.1 Å². The number of nitrogens with one attached hydrogen (secondary N) is 3. The van der Waals surface area contributed by atoms with Crippen LogP contribution in [-0.4, -0.2) is 39.3 Å². The fourth-order valence-corrected chi connectivity index (χ4v) is 3.81. The molecule has 178 valence electrons. The van der Waals surface area contributed by atoms with Gasteiger partial charge in [-0.15, -0.1) is 0 Å². The largest absolute Gasteiger partial charge is 0.416 e. The standard InChI is InChI=1S/C24H20F3N7O/c25-24(26,27)17-4-1-3-16(13-17)18-5-6-19-22(30-18)34(12-2-9-29-19)23(35)31-21-14-20(32-33-21)15-7-10-28-11-8-15/h1,3-8,10-11,13-14,29H,2,9,12H2,(H2,31,32,33,35). The minimum atomic E-state index is -4.46. The SMILES string of the molecule is O=C(Nc1cc(-c2ccncc2)[nH]n1)N1CCCNc2ccc(-c3cccc(C(F)(F)F)c3)nc21. The normalized spacial score (nSPS) is 13.5. The van der Waals surface area contributed by atoms with E-state index in [1.54, 1.807) is 36.7 Å². The number of benzene rings is 1. The van der Waals surface area contributed by atoms with E-state index < -0.39 is 17.8 Å². The van der Waals surface area contributed by atoms with Gasteiger partial charge in [0.25, 0.3) is 0 Å². The zero-order chi connectivity index (χ0) is 24.4. The zero-order valence-corrected chi connectivity index (χ0v) is 18.3. The first-order chi connectivity index (χ1) is 16.9. The highest BCUT2D eigenvalue weighted by Gasteiger charge is 2.31. The summed E-state index contributed by atoms with van der Waals surface area (Å²) in [5, 5.41) is 13.0. The van der Waals surface area contributed by atoms with Crippen molar-refractivity contribution in [2.24, 2.45) is 0 Å². The predicted octanol–water partition coefficient (Wildman–Crippen LogP) is 5.41. The Hall–Kier alpha value is -4.41. The Labute approximate surface area is 198 Å². The van der Waals surface area contributed by atoms with Gasteiger partial charge in [0.15, 0.2) is 11.6 Å². The molecule has 8 nitrogen and oxygen atoms in total. The van der Waals surface area contributed by atoms with Crippen LogP contribution in [0.4, 0.5) is 35.3 Å². The van der Waals surface area contributed by atoms with Gasteiger partial charge in [-0.05, 0) is 42.8 Å². The summed E-state index contributed by atoms with van der Waals surface area (Å²) < 4.78 is 39.6. The summed E-state index contributed by atoms with van der Waals surface area (Å²) in [6.07, 6.45) is -0.494. The Balaban J connectivity index is 1.43. The van der Waals surface area contributed by atoms with Crippen LogP contribution in [-0.2, 0) is 6.18 Å². The van der Waals surface area contributed by atoms with Gasteiger partial charge in [-0.2, -0.15) is 18.3 Å². The maximum Gasteiger partial charge on any atom is 0.416 e. The molecule has 0 spiro atoms. The molecule has 3 aromatic heterocycles. The smallest absolute Gasteiger partial charge is 0.382 e. The molecule has 0 saturated carbocycles. The Morgan fingerprint density at radius 3 is 2.66 bits per heavy atom. The van der Waals surface area contributed by atoms with Crippen LogP contribution in [0.1, 0.15) is 12.0 Å². The Kier molecular flexibility index (Phi) is 5.81. The van der Waals surface area contributed by atoms with E-state index in [1.165, 1.54) is 11.0 Å². The van der Waals surface area contributed by atoms with Crippen LogP contribution in [0.25, 0.3) is 22.5 Å². The summed E-state index contributed by atoms with van der Waals surface area (Å²) in [5.74, 6) is 0.661. The molecule has 5 rings (SSSR count). The van der Waals surface area contributed by atoms with Crippen LogP contribution in [0, 0.1) is 0 Å². The second-order valence-corrected chi connectivity index (χ2v) is 7.91. The fraction of sp³-hybridized carbons (Fsp3) is 0.167. The van der Waals surface area contributed by atoms with Crippen molar-refractivity contribution in [3.05, 3.63) is 72.6 Å². The molecule has 0 radical (unpaired) electrons. The number of anilines is 3. The van der Waals surface area contributed by atoms with Crippen LogP contribution in [0.5, 0.6) is 0 Å². The lowest BCUT2D eigenvalue weighted by Gasteiger charge is -2.22. The van der Waals surface area contributed by atoms with E-state index in [-0.39, 0.29) is 0 Å². The van der Waals surface area contributed by atoms with Gasteiger partial charge in [0, 0.05) is 42.7 Å². The third-order valence-corrected chi connectivity index (χ3v) is 5.54. The summed E-state index contributed by atoms with van der Waals surface area (Å²) in [7, 11) is 0. The molecule has 0 bridgehead atoms. The average molecular weight is 479 g/mol. The van der Waals surface area contributed by atoms with Gasteiger partial charge in [-0.3, -0.25) is 20.3 Å². The topological polar surface area (TPSA) is 98.8 Å². The predicted molar refractivity (Wildman–Crippen MR) is 126 cm³/mol. The molecule has 4 aromatic rings. The van der Waals surface area contributed by atoms with Gasteiger partial charge < -0.3 is 5.32 Å². The summed E-state index contributed by atoms with van der Waals surface area (Å²) in [5.41, 5.74) is 2.07. The number of rotatable bonds is 3. The summed E-state index contributed by atoms with van der Waals surface area (Å²) >= 11 is 0. The molecule has 35 heavy (non-hydrogen) atoms. The molecule has 0 fully saturated rings. The van der Waals surface area contributed by atoms with E-state index in [0.717, 1.165) is 17.7 Å². The van der Waals surface area contributed by atoms with Gasteiger partial charge in [-0.25, -0.2) is 9.78 Å². The van der Waals surface area contributed by atoms with Crippen molar-refractivity contribution >= 4 is 23.4 Å². The monoisotopic (exact) mass is 479 g/mol. The number of hydrogen-bond donors (Lipinski definition) is 3. The van der Waals surface area contributed by atoms with E-state index in [4.69, 9.17) is 0 Å². The first-order valence-electron chi connectivity index (χ1n) is 10.9. The molecular weight excluding hydrogens is 459 g/mol. The first-order valence-corrected chi connectivity index (χ1v) is 10.9. The maximum atomic E-state index is 13.2. The second kappa shape index (κ2) is 9.09. The van der Waals surface area contributed by atoms with Crippen LogP contribution < -0.4 is 15.5 Å². The number of urea groups is 1. The number of alkyl halides is 3. The number of aromatic nitrogens is 4. The molecule has 0 aliphatic carbocycles. The molecule has 4 heterocycles. The minimum Gasteiger partial charge on any atom is -0.382 e. The number of amides is 2. The van der Waals surface area contributed by atoms with Crippen molar-refractivity contribution in [1.29, 1.82) is 0 Å². The highest BCUT2D eigenvalue weighted by molar-refractivity contribution is 6.03. The molecule has 2 amide bonds. The molecule has 0 atom stereocenters. The van der Waals surface area contributed by atoms with Gasteiger partial charge in [0.1, 0.15) is 0 Å². The lowest BCUT2D eigenvalue weighted by atomic mass is 10.1. The molecule has 3 N–H and O–H groups in total. The van der Waals surface area contributed by atoms with E-state index in [9.17, 15) is 18.0 Å². The maximum absolute atomic E-state index is 13.2. The van der Waals surface area contributed by atoms with Crippen LogP contribution in [0.2, 0.25) is 0 Å². The number of carbonyl (C=O) groups excluding carboxylic acids is 1. The number of aromatic amines is 1. The number of carbonyl (C=O) groups is 1. The Morgan fingerprint density at radius 1 is 1.03 bits per heavy atom. The molecular formula is C24H20F3N7O. The number of H-pyrrole nitrogens is 1. The quantitative estimate of drug-likeness (QED) is 0.365. The lowest BCUT2D eigenvalue weighted by Crippen LogP contribution is -2.36. The summed E-state index contributed by atoms with van der Waals surface area (Å²) in [6, 6.07) is 13.2. The number of fused-ring (bicyclic) bond motifs is 1. The molecule has 1 aliphatic rings. The highest BCUT2D eigenvalue weighted by atomic mass is 19.4. The van der Waals surface area contributed by atoms with Crippen LogP contribution in [0.3, 0.4) is 0 Å². The van der Waals surface area contributed by atoms with Gasteiger partial charge in [0.05, 0.1) is 22.6 Å². The van der Waals surface area contributed by atoms with Crippen molar-refractivity contribution in [2.45, 2.75) is 12.6 Å². The van der Waals surface area contributed by atoms with Gasteiger partial charge >= 0.3 is 12.2 Å². The number of hydrogen-bond acceptors (Lipinski definition) is 5. The van der Waals surface area contributed by atoms with Crippen LogP contribution >= 0.6 is 0 Å². The molecule has 11 heteroatoms. The molecule has 0 saturated heterocycles. The Morgan fingerprint density at radius 2 is 1.86 bits per heavy atom. The van der Waals surface area contributed by atoms with E-state index in [2.05, 4.69) is 30.8 Å². The highest BCUT2D eigenvalue weighted by Crippen LogP contribution is 2.34. The third kappa shape index (κ3) is 4.79.